The summed E-state index contributed by atoms with van der Waals surface area (Å²) in [5, 5.41) is 5.87. The third kappa shape index (κ3) is 6.73. The van der Waals surface area contributed by atoms with Crippen molar-refractivity contribution in [3.63, 3.8) is 0 Å². The van der Waals surface area contributed by atoms with Gasteiger partial charge in [-0.05, 0) is 119 Å². The predicted octanol–water partition coefficient (Wildman–Crippen LogP) is 6.34. The third-order valence-electron chi connectivity index (χ3n) is 8.78. The molecule has 0 atom stereocenters. The van der Waals surface area contributed by atoms with Gasteiger partial charge < -0.3 is 25.0 Å². The molecule has 0 bridgehead atoms. The first-order valence-corrected chi connectivity index (χ1v) is 15.1. The number of hydrogen-bond acceptors (Lipinski definition) is 7. The van der Waals surface area contributed by atoms with Crippen LogP contribution < -0.4 is 20.1 Å². The van der Waals surface area contributed by atoms with Gasteiger partial charge in [-0.3, -0.25) is 9.59 Å². The molecule has 2 heterocycles. The smallest absolute Gasteiger partial charge is 0.240 e. The van der Waals surface area contributed by atoms with E-state index in [-0.39, 0.29) is 17.3 Å². The van der Waals surface area contributed by atoms with E-state index >= 15 is 4.39 Å². The van der Waals surface area contributed by atoms with Crippen molar-refractivity contribution in [3.05, 3.63) is 78.1 Å². The Morgan fingerprint density at radius 1 is 0.933 bits per heavy atom. The van der Waals surface area contributed by atoms with Gasteiger partial charge in [0.1, 0.15) is 23.3 Å². The number of carbonyl (C=O) groups is 2. The van der Waals surface area contributed by atoms with Gasteiger partial charge in [0.2, 0.25) is 17.7 Å². The van der Waals surface area contributed by atoms with Crippen LogP contribution in [0.3, 0.4) is 0 Å². The number of methoxy groups -OCH3 is 1. The molecule has 234 valence electrons. The van der Waals surface area contributed by atoms with E-state index in [1.807, 2.05) is 12.1 Å². The molecule has 2 fully saturated rings. The van der Waals surface area contributed by atoms with Crippen LogP contribution in [0.1, 0.15) is 37.7 Å². The molecule has 1 aliphatic carbocycles. The molecule has 2 amide bonds. The SMILES string of the molecule is COc1cc2c(Oc3ccc(NC(=O)C4(C(=O)Nc5ccc(F)cc5)CC4)cc3F)ncnc2cc1CCC1CCN(C)CC1. The zero-order valence-electron chi connectivity index (χ0n) is 25.2. The van der Waals surface area contributed by atoms with Gasteiger partial charge >= 0.3 is 0 Å². The fourth-order valence-electron chi connectivity index (χ4n) is 5.76. The summed E-state index contributed by atoms with van der Waals surface area (Å²) in [4.78, 5) is 36.9. The van der Waals surface area contributed by atoms with Crippen molar-refractivity contribution < 1.29 is 27.8 Å². The molecule has 2 N–H and O–H groups in total. The maximum Gasteiger partial charge on any atom is 0.240 e. The van der Waals surface area contributed by atoms with E-state index in [2.05, 4.69) is 32.5 Å². The van der Waals surface area contributed by atoms with Gasteiger partial charge in [0, 0.05) is 17.4 Å². The molecule has 1 saturated heterocycles. The van der Waals surface area contributed by atoms with E-state index in [1.54, 1.807) is 7.11 Å². The topological polar surface area (TPSA) is 106 Å². The number of nitrogens with zero attached hydrogens (tertiary/aromatic N) is 3. The second-order valence-corrected chi connectivity index (χ2v) is 11.9. The fraction of sp³-hybridized carbons (Fsp3) is 0.353. The molecule has 4 aromatic rings. The van der Waals surface area contributed by atoms with Gasteiger partial charge in [0.05, 0.1) is 18.0 Å². The minimum atomic E-state index is -1.27. The fourth-order valence-corrected chi connectivity index (χ4v) is 5.76. The molecule has 6 rings (SSSR count). The molecule has 45 heavy (non-hydrogen) atoms. The van der Waals surface area contributed by atoms with Crippen molar-refractivity contribution in [1.82, 2.24) is 14.9 Å². The molecule has 2 aliphatic rings. The second-order valence-electron chi connectivity index (χ2n) is 11.9. The lowest BCUT2D eigenvalue weighted by molar-refractivity contribution is -0.131. The number of amides is 2. The first kappa shape index (κ1) is 30.4. The maximum absolute atomic E-state index is 15.2. The number of nitrogens with one attached hydrogen (secondary N) is 2. The normalized spacial score (nSPS) is 16.3. The zero-order chi connectivity index (χ0) is 31.6. The molecular formula is C34H35F2N5O4. The summed E-state index contributed by atoms with van der Waals surface area (Å²) >= 11 is 0. The minimum Gasteiger partial charge on any atom is -0.496 e. The zero-order valence-corrected chi connectivity index (χ0v) is 25.2. The Morgan fingerprint density at radius 3 is 2.29 bits per heavy atom. The number of ether oxygens (including phenoxy) is 2. The van der Waals surface area contributed by atoms with Crippen LogP contribution in [0.5, 0.6) is 17.4 Å². The molecule has 0 spiro atoms. The Labute approximate surface area is 260 Å². The maximum atomic E-state index is 15.2. The molecule has 9 nitrogen and oxygen atoms in total. The van der Waals surface area contributed by atoms with E-state index in [4.69, 9.17) is 9.47 Å². The highest BCUT2D eigenvalue weighted by atomic mass is 19.1. The highest BCUT2D eigenvalue weighted by molar-refractivity contribution is 6.16. The van der Waals surface area contributed by atoms with E-state index in [0.29, 0.717) is 41.1 Å². The summed E-state index contributed by atoms with van der Waals surface area (Å²) in [7, 11) is 3.78. The van der Waals surface area contributed by atoms with E-state index < -0.39 is 28.9 Å². The van der Waals surface area contributed by atoms with Crippen molar-refractivity contribution in [3.8, 4) is 17.4 Å². The highest BCUT2D eigenvalue weighted by Gasteiger charge is 2.56. The van der Waals surface area contributed by atoms with Crippen LogP contribution in [0.15, 0.2) is 60.9 Å². The predicted molar refractivity (Wildman–Crippen MR) is 166 cm³/mol. The molecule has 0 unspecified atom stereocenters. The Morgan fingerprint density at radius 2 is 1.62 bits per heavy atom. The lowest BCUT2D eigenvalue weighted by Gasteiger charge is -2.29. The Bertz CT molecular complexity index is 1720. The molecule has 1 saturated carbocycles. The number of hydrogen-bond donors (Lipinski definition) is 2. The minimum absolute atomic E-state index is 0.0894. The van der Waals surface area contributed by atoms with Gasteiger partial charge in [0.15, 0.2) is 11.6 Å². The van der Waals surface area contributed by atoms with Gasteiger partial charge in [-0.2, -0.15) is 0 Å². The standard InChI is InChI=1S/C34H35F2N5O4/c1-41-15-11-21(12-16-41)3-4-22-17-28-26(19-30(22)44-2)31(38-20-37-28)45-29-10-9-25(18-27(29)36)40-33(43)34(13-14-34)32(42)39-24-7-5-23(35)6-8-24/h5-10,17-21H,3-4,11-16H2,1-2H3,(H,39,42)(H,40,43). The highest BCUT2D eigenvalue weighted by Crippen LogP contribution is 2.47. The molecule has 11 heteroatoms. The molecule has 1 aliphatic heterocycles. The van der Waals surface area contributed by atoms with Gasteiger partial charge in [0.25, 0.3) is 0 Å². The van der Waals surface area contributed by atoms with Crippen molar-refractivity contribution in [1.29, 1.82) is 0 Å². The first-order chi connectivity index (χ1) is 21.7. The van der Waals surface area contributed by atoms with E-state index in [9.17, 15) is 14.0 Å². The quantitative estimate of drug-likeness (QED) is 0.201. The summed E-state index contributed by atoms with van der Waals surface area (Å²) in [5.74, 6) is -0.739. The van der Waals surface area contributed by atoms with E-state index in [1.165, 1.54) is 55.6 Å². The summed E-state index contributed by atoms with van der Waals surface area (Å²) < 4.78 is 40.0. The molecule has 3 aromatic carbocycles. The number of aromatic nitrogens is 2. The van der Waals surface area contributed by atoms with Crippen LogP contribution in [0.25, 0.3) is 10.9 Å². The molecule has 1 aromatic heterocycles. The summed E-state index contributed by atoms with van der Waals surface area (Å²) in [5.41, 5.74) is 1.00. The lowest BCUT2D eigenvalue weighted by atomic mass is 9.90. The molecule has 0 radical (unpaired) electrons. The number of fused-ring (bicyclic) bond motifs is 1. The van der Waals surface area contributed by atoms with Crippen LogP contribution in [-0.2, 0) is 16.0 Å². The summed E-state index contributed by atoms with van der Waals surface area (Å²) in [6.07, 6.45) is 6.38. The van der Waals surface area contributed by atoms with Crippen LogP contribution in [0.4, 0.5) is 20.2 Å². The Hall–Kier alpha value is -4.64. The Kier molecular flexibility index (Phi) is 8.62. The van der Waals surface area contributed by atoms with Crippen LogP contribution in [-0.4, -0.2) is 53.9 Å². The van der Waals surface area contributed by atoms with Crippen molar-refractivity contribution in [2.24, 2.45) is 11.3 Å². The number of benzene rings is 3. The molecular weight excluding hydrogens is 580 g/mol. The van der Waals surface area contributed by atoms with Gasteiger partial charge in [-0.1, -0.05) is 0 Å². The first-order valence-electron chi connectivity index (χ1n) is 15.1. The van der Waals surface area contributed by atoms with Crippen LogP contribution in [0, 0.1) is 23.0 Å². The Balaban J connectivity index is 1.13. The average Bonchev–Trinajstić information content (AvgIpc) is 3.85. The van der Waals surface area contributed by atoms with Crippen LogP contribution >= 0.6 is 0 Å². The lowest BCUT2D eigenvalue weighted by Crippen LogP contribution is -2.35. The second kappa shape index (κ2) is 12.8. The average molecular weight is 616 g/mol. The third-order valence-corrected chi connectivity index (χ3v) is 8.78. The monoisotopic (exact) mass is 615 g/mol. The van der Waals surface area contributed by atoms with Gasteiger partial charge in [-0.25, -0.2) is 18.7 Å². The largest absolute Gasteiger partial charge is 0.496 e. The number of anilines is 2. The van der Waals surface area contributed by atoms with Crippen molar-refractivity contribution >= 4 is 34.1 Å². The number of halogens is 2. The number of piperidine rings is 1. The number of aryl methyl sites for hydroxylation is 1. The summed E-state index contributed by atoms with van der Waals surface area (Å²) in [6.45, 7) is 2.24. The number of rotatable bonds is 10. The van der Waals surface area contributed by atoms with E-state index in [0.717, 1.165) is 37.6 Å². The van der Waals surface area contributed by atoms with Crippen LogP contribution in [0.2, 0.25) is 0 Å². The summed E-state index contributed by atoms with van der Waals surface area (Å²) in [6, 6.07) is 13.1. The van der Waals surface area contributed by atoms with Crippen molar-refractivity contribution in [2.45, 2.75) is 38.5 Å². The van der Waals surface area contributed by atoms with Gasteiger partial charge in [-0.15, -0.1) is 0 Å². The number of likely N-dealkylation sites (tertiary alicyclic amines) is 1. The number of carbonyl (C=O) groups excluding carboxylic acids is 2. The van der Waals surface area contributed by atoms with Crippen molar-refractivity contribution in [2.75, 3.05) is 37.9 Å².